The summed E-state index contributed by atoms with van der Waals surface area (Å²) in [6.45, 7) is 4.57. The van der Waals surface area contributed by atoms with Crippen molar-refractivity contribution in [2.45, 2.75) is 50.6 Å². The molecule has 1 aliphatic heterocycles. The molecule has 3 rings (SSSR count). The van der Waals surface area contributed by atoms with E-state index in [-0.39, 0.29) is 11.6 Å². The molecule has 0 radical (unpaired) electrons. The Morgan fingerprint density at radius 2 is 1.46 bits per heavy atom. The third-order valence-corrected chi connectivity index (χ3v) is 6.09. The van der Waals surface area contributed by atoms with Crippen molar-refractivity contribution in [3.05, 3.63) is 70.8 Å². The molecule has 0 aromatic heterocycles. The molecule has 1 aliphatic rings. The van der Waals surface area contributed by atoms with Gasteiger partial charge in [0.2, 0.25) is 5.91 Å². The van der Waals surface area contributed by atoms with Crippen LogP contribution in [0.3, 0.4) is 0 Å². The summed E-state index contributed by atoms with van der Waals surface area (Å²) < 4.78 is 79.4. The number of hydrogen-bond acceptors (Lipinski definition) is 3. The van der Waals surface area contributed by atoms with Gasteiger partial charge in [0, 0.05) is 13.1 Å². The predicted molar refractivity (Wildman–Crippen MR) is 120 cm³/mol. The first-order chi connectivity index (χ1) is 16.4. The number of rotatable bonds is 8. The zero-order chi connectivity index (χ0) is 25.6. The van der Waals surface area contributed by atoms with Crippen LogP contribution < -0.4 is 10.6 Å². The first-order valence-electron chi connectivity index (χ1n) is 11.6. The maximum Gasteiger partial charge on any atom is 0.416 e. The van der Waals surface area contributed by atoms with Crippen molar-refractivity contribution >= 4 is 5.91 Å². The third kappa shape index (κ3) is 7.70. The van der Waals surface area contributed by atoms with Gasteiger partial charge in [0.25, 0.3) is 0 Å². The Morgan fingerprint density at radius 3 is 2.00 bits per heavy atom. The topological polar surface area (TPSA) is 44.4 Å². The Hall–Kier alpha value is -2.59. The van der Waals surface area contributed by atoms with Gasteiger partial charge in [-0.25, -0.2) is 0 Å². The number of nitrogens with one attached hydrogen (secondary N) is 2. The molecule has 192 valence electrons. The van der Waals surface area contributed by atoms with Gasteiger partial charge in [-0.2, -0.15) is 26.3 Å². The number of likely N-dealkylation sites (tertiary alicyclic amines) is 1. The number of piperidine rings is 1. The fourth-order valence-electron chi connectivity index (χ4n) is 4.17. The zero-order valence-corrected chi connectivity index (χ0v) is 19.3. The third-order valence-electron chi connectivity index (χ3n) is 6.09. The lowest BCUT2D eigenvalue weighted by Gasteiger charge is -2.28. The highest BCUT2D eigenvalue weighted by Crippen LogP contribution is 2.37. The van der Waals surface area contributed by atoms with Crippen LogP contribution in [0.4, 0.5) is 26.3 Å². The van der Waals surface area contributed by atoms with E-state index in [0.717, 1.165) is 32.5 Å². The van der Waals surface area contributed by atoms with Crippen molar-refractivity contribution in [3.8, 4) is 0 Å². The standard InChI is InChI=1S/C25H29F6N3O/c1-17(19-14-20(24(26,27)28)16-21(15-19)25(29,30)31)33-23(35)22(18-8-4-2-5-9-18)32-10-13-34-11-6-3-7-12-34/h2,4-5,8-9,14-17,22,32H,3,6-7,10-13H2,1H3,(H,33,35)/t17?,22-/m0/s1. The highest BCUT2D eigenvalue weighted by molar-refractivity contribution is 5.83. The second kappa shape index (κ2) is 11.4. The smallest absolute Gasteiger partial charge is 0.348 e. The molecule has 0 aliphatic carbocycles. The van der Waals surface area contributed by atoms with Crippen LogP contribution in [0, 0.1) is 0 Å². The summed E-state index contributed by atoms with van der Waals surface area (Å²) in [6.07, 6.45) is -6.47. The lowest BCUT2D eigenvalue weighted by molar-refractivity contribution is -0.143. The molecule has 2 atom stereocenters. The van der Waals surface area contributed by atoms with E-state index < -0.39 is 41.5 Å². The van der Waals surface area contributed by atoms with Gasteiger partial charge in [-0.05, 0) is 62.2 Å². The highest BCUT2D eigenvalue weighted by Gasteiger charge is 2.37. The monoisotopic (exact) mass is 501 g/mol. The van der Waals surface area contributed by atoms with E-state index in [1.165, 1.54) is 13.3 Å². The van der Waals surface area contributed by atoms with Gasteiger partial charge in [-0.15, -0.1) is 0 Å². The predicted octanol–water partition coefficient (Wildman–Crippen LogP) is 5.72. The fourth-order valence-corrected chi connectivity index (χ4v) is 4.17. The van der Waals surface area contributed by atoms with E-state index in [4.69, 9.17) is 0 Å². The number of alkyl halides is 6. The van der Waals surface area contributed by atoms with E-state index in [1.54, 1.807) is 30.3 Å². The molecule has 0 spiro atoms. The molecule has 2 aromatic carbocycles. The van der Waals surface area contributed by atoms with Crippen LogP contribution in [0.15, 0.2) is 48.5 Å². The normalized spacial score (nSPS) is 17.1. The Labute approximate surface area is 200 Å². The zero-order valence-electron chi connectivity index (χ0n) is 19.3. The first kappa shape index (κ1) is 27.0. The van der Waals surface area contributed by atoms with E-state index in [2.05, 4.69) is 15.5 Å². The van der Waals surface area contributed by atoms with Gasteiger partial charge in [-0.1, -0.05) is 36.8 Å². The minimum absolute atomic E-state index is 0.0764. The van der Waals surface area contributed by atoms with E-state index in [0.29, 0.717) is 24.2 Å². The van der Waals surface area contributed by atoms with Crippen molar-refractivity contribution in [3.63, 3.8) is 0 Å². The van der Waals surface area contributed by atoms with Crippen molar-refractivity contribution in [1.29, 1.82) is 0 Å². The van der Waals surface area contributed by atoms with Crippen LogP contribution in [0.5, 0.6) is 0 Å². The van der Waals surface area contributed by atoms with Gasteiger partial charge in [-0.3, -0.25) is 4.79 Å². The first-order valence-corrected chi connectivity index (χ1v) is 11.6. The molecule has 0 bridgehead atoms. The molecule has 2 N–H and O–H groups in total. The summed E-state index contributed by atoms with van der Waals surface area (Å²) >= 11 is 0. The quantitative estimate of drug-likeness (QED) is 0.455. The lowest BCUT2D eigenvalue weighted by atomic mass is 9.99. The summed E-state index contributed by atoms with van der Waals surface area (Å²) in [6, 6.07) is 8.26. The van der Waals surface area contributed by atoms with Crippen molar-refractivity contribution < 1.29 is 31.1 Å². The highest BCUT2D eigenvalue weighted by atomic mass is 19.4. The summed E-state index contributed by atoms with van der Waals surface area (Å²) in [7, 11) is 0. The number of benzene rings is 2. The maximum absolute atomic E-state index is 13.2. The molecule has 1 amide bonds. The number of hydrogen-bond donors (Lipinski definition) is 2. The van der Waals surface area contributed by atoms with Crippen molar-refractivity contribution in [1.82, 2.24) is 15.5 Å². The van der Waals surface area contributed by atoms with Crippen LogP contribution >= 0.6 is 0 Å². The molecule has 2 aromatic rings. The average Bonchev–Trinajstić information content (AvgIpc) is 2.81. The molecular formula is C25H29F6N3O. The average molecular weight is 502 g/mol. The van der Waals surface area contributed by atoms with E-state index in [9.17, 15) is 31.1 Å². The largest absolute Gasteiger partial charge is 0.416 e. The molecule has 10 heteroatoms. The van der Waals surface area contributed by atoms with Crippen LogP contribution in [0.2, 0.25) is 0 Å². The summed E-state index contributed by atoms with van der Waals surface area (Å²) in [4.78, 5) is 15.4. The van der Waals surface area contributed by atoms with Crippen LogP contribution in [-0.2, 0) is 17.1 Å². The molecular weight excluding hydrogens is 472 g/mol. The van der Waals surface area contributed by atoms with Gasteiger partial charge in [0.1, 0.15) is 6.04 Å². The van der Waals surface area contributed by atoms with Gasteiger partial charge < -0.3 is 15.5 Å². The van der Waals surface area contributed by atoms with Gasteiger partial charge in [0.05, 0.1) is 17.2 Å². The number of carbonyl (C=O) groups excluding carboxylic acids is 1. The van der Waals surface area contributed by atoms with Crippen molar-refractivity contribution in [2.75, 3.05) is 26.2 Å². The number of amides is 1. The summed E-state index contributed by atoms with van der Waals surface area (Å²) in [5.41, 5.74) is -2.46. The Balaban J connectivity index is 1.77. The van der Waals surface area contributed by atoms with Crippen LogP contribution in [0.1, 0.15) is 60.5 Å². The Kier molecular flexibility index (Phi) is 8.82. The number of halogens is 6. The molecule has 35 heavy (non-hydrogen) atoms. The molecule has 1 heterocycles. The van der Waals surface area contributed by atoms with Crippen molar-refractivity contribution in [2.24, 2.45) is 0 Å². The molecule has 1 unspecified atom stereocenters. The fraction of sp³-hybridized carbons (Fsp3) is 0.480. The minimum Gasteiger partial charge on any atom is -0.348 e. The number of nitrogens with zero attached hydrogens (tertiary/aromatic N) is 1. The number of carbonyl (C=O) groups is 1. The summed E-state index contributed by atoms with van der Waals surface area (Å²) in [5.74, 6) is -0.534. The van der Waals surface area contributed by atoms with E-state index in [1.807, 2.05) is 0 Å². The molecule has 4 nitrogen and oxygen atoms in total. The molecule has 0 saturated carbocycles. The molecule has 1 fully saturated rings. The lowest BCUT2D eigenvalue weighted by Crippen LogP contribution is -2.42. The second-order valence-electron chi connectivity index (χ2n) is 8.77. The van der Waals surface area contributed by atoms with Crippen LogP contribution in [0.25, 0.3) is 0 Å². The Bertz CT molecular complexity index is 939. The van der Waals surface area contributed by atoms with Gasteiger partial charge >= 0.3 is 12.4 Å². The van der Waals surface area contributed by atoms with E-state index >= 15 is 0 Å². The SMILES string of the molecule is CC(NC(=O)[C@@H](NCCN1CCCCC1)c1ccccc1)c1cc(C(F)(F)F)cc(C(F)(F)F)c1. The Morgan fingerprint density at radius 1 is 0.886 bits per heavy atom. The minimum atomic E-state index is -4.96. The van der Waals surface area contributed by atoms with Crippen LogP contribution in [-0.4, -0.2) is 37.0 Å². The maximum atomic E-state index is 13.2. The second-order valence-corrected chi connectivity index (χ2v) is 8.77. The molecule has 1 saturated heterocycles. The van der Waals surface area contributed by atoms with Gasteiger partial charge in [0.15, 0.2) is 0 Å². The summed E-state index contributed by atoms with van der Waals surface area (Å²) in [5, 5.41) is 5.79.